The largest absolute Gasteiger partial charge is 0.465 e. The number of aryl methyl sites for hydroxylation is 1. The van der Waals surface area contributed by atoms with Crippen molar-refractivity contribution in [1.82, 2.24) is 10.2 Å². The van der Waals surface area contributed by atoms with Gasteiger partial charge in [-0.15, -0.1) is 0 Å². The van der Waals surface area contributed by atoms with Crippen LogP contribution in [0, 0.1) is 6.92 Å². The molecule has 1 aromatic heterocycles. The molecule has 0 aliphatic heterocycles. The first-order valence-corrected chi connectivity index (χ1v) is 7.71. The van der Waals surface area contributed by atoms with Gasteiger partial charge in [-0.25, -0.2) is 0 Å². The van der Waals surface area contributed by atoms with Crippen LogP contribution in [0.5, 0.6) is 0 Å². The highest BCUT2D eigenvalue weighted by molar-refractivity contribution is 5.77. The molecule has 1 heterocycles. The van der Waals surface area contributed by atoms with Crippen molar-refractivity contribution < 1.29 is 9.21 Å². The molecule has 5 heteroatoms. The van der Waals surface area contributed by atoms with Crippen molar-refractivity contribution in [3.8, 4) is 0 Å². The first-order valence-electron chi connectivity index (χ1n) is 7.71. The van der Waals surface area contributed by atoms with Gasteiger partial charge in [-0.05, 0) is 43.8 Å². The molecule has 0 fully saturated rings. The lowest BCUT2D eigenvalue weighted by Gasteiger charge is -2.15. The number of furan rings is 1. The molecule has 124 valence electrons. The van der Waals surface area contributed by atoms with Crippen LogP contribution in [0.15, 0.2) is 40.8 Å². The molecule has 23 heavy (non-hydrogen) atoms. The molecule has 1 N–H and O–H groups in total. The van der Waals surface area contributed by atoms with Crippen LogP contribution in [-0.2, 0) is 17.9 Å². The molecule has 2 aromatic rings. The molecule has 0 spiro atoms. The summed E-state index contributed by atoms with van der Waals surface area (Å²) >= 11 is 0. The smallest absolute Gasteiger partial charge is 0.234 e. The molecule has 0 aliphatic rings. The van der Waals surface area contributed by atoms with Gasteiger partial charge in [-0.3, -0.25) is 9.69 Å². The quantitative estimate of drug-likeness (QED) is 0.852. The molecule has 0 saturated heterocycles. The monoisotopic (exact) mass is 315 g/mol. The van der Waals surface area contributed by atoms with Crippen LogP contribution in [0.25, 0.3) is 0 Å². The Balaban J connectivity index is 1.75. The standard InChI is InChI=1S/C18H25N3O2/c1-14-5-10-17(23-14)12-21(4)13-18(22)19-11-15-6-8-16(9-7-15)20(2)3/h5-10H,11-13H2,1-4H3,(H,19,22). The van der Waals surface area contributed by atoms with E-state index >= 15 is 0 Å². The molecular weight excluding hydrogens is 290 g/mol. The third-order valence-corrected chi connectivity index (χ3v) is 3.58. The van der Waals surface area contributed by atoms with Gasteiger partial charge in [-0.1, -0.05) is 12.1 Å². The minimum absolute atomic E-state index is 0.00691. The zero-order chi connectivity index (χ0) is 16.8. The van der Waals surface area contributed by atoms with Crippen LogP contribution in [0.3, 0.4) is 0 Å². The predicted molar refractivity (Wildman–Crippen MR) is 92.4 cm³/mol. The topological polar surface area (TPSA) is 48.7 Å². The summed E-state index contributed by atoms with van der Waals surface area (Å²) in [6.07, 6.45) is 0. The summed E-state index contributed by atoms with van der Waals surface area (Å²) in [7, 11) is 5.92. The fourth-order valence-corrected chi connectivity index (χ4v) is 2.31. The Kier molecular flexibility index (Phi) is 5.82. The molecule has 5 nitrogen and oxygen atoms in total. The second kappa shape index (κ2) is 7.83. The number of benzene rings is 1. The van der Waals surface area contributed by atoms with Crippen molar-refractivity contribution in [1.29, 1.82) is 0 Å². The van der Waals surface area contributed by atoms with E-state index in [2.05, 4.69) is 5.32 Å². The van der Waals surface area contributed by atoms with Crippen molar-refractivity contribution >= 4 is 11.6 Å². The summed E-state index contributed by atoms with van der Waals surface area (Å²) in [6, 6.07) is 12.0. The lowest BCUT2D eigenvalue weighted by molar-refractivity contribution is -0.122. The maximum atomic E-state index is 12.0. The SMILES string of the molecule is Cc1ccc(CN(C)CC(=O)NCc2ccc(N(C)C)cc2)o1. The van der Waals surface area contributed by atoms with E-state index in [0.717, 1.165) is 22.8 Å². The maximum absolute atomic E-state index is 12.0. The van der Waals surface area contributed by atoms with Crippen molar-refractivity contribution in [2.75, 3.05) is 32.6 Å². The Labute approximate surface area is 137 Å². The van der Waals surface area contributed by atoms with Gasteiger partial charge in [0.05, 0.1) is 13.1 Å². The lowest BCUT2D eigenvalue weighted by Crippen LogP contribution is -2.34. The second-order valence-electron chi connectivity index (χ2n) is 6.02. The highest BCUT2D eigenvalue weighted by Crippen LogP contribution is 2.12. The van der Waals surface area contributed by atoms with Crippen LogP contribution in [-0.4, -0.2) is 38.5 Å². The summed E-state index contributed by atoms with van der Waals surface area (Å²) < 4.78 is 5.52. The van der Waals surface area contributed by atoms with Gasteiger partial charge in [0.1, 0.15) is 11.5 Å². The number of hydrogen-bond donors (Lipinski definition) is 1. The molecular formula is C18H25N3O2. The average Bonchev–Trinajstić information content (AvgIpc) is 2.90. The highest BCUT2D eigenvalue weighted by atomic mass is 16.3. The summed E-state index contributed by atoms with van der Waals surface area (Å²) in [5.74, 6) is 1.77. The van der Waals surface area contributed by atoms with Crippen molar-refractivity contribution in [3.05, 3.63) is 53.5 Å². The number of nitrogens with zero attached hydrogens (tertiary/aromatic N) is 2. The summed E-state index contributed by atoms with van der Waals surface area (Å²) in [6.45, 7) is 3.42. The zero-order valence-electron chi connectivity index (χ0n) is 14.3. The third kappa shape index (κ3) is 5.45. The van der Waals surface area contributed by atoms with Gasteiger partial charge in [-0.2, -0.15) is 0 Å². The van der Waals surface area contributed by atoms with Crippen LogP contribution in [0.4, 0.5) is 5.69 Å². The minimum Gasteiger partial charge on any atom is -0.465 e. The Morgan fingerprint density at radius 2 is 1.78 bits per heavy atom. The molecule has 0 radical (unpaired) electrons. The van der Waals surface area contributed by atoms with E-state index in [1.807, 2.05) is 74.3 Å². The van der Waals surface area contributed by atoms with Crippen LogP contribution < -0.4 is 10.2 Å². The van der Waals surface area contributed by atoms with E-state index in [1.165, 1.54) is 0 Å². The first-order chi connectivity index (χ1) is 10.9. The summed E-state index contributed by atoms with van der Waals surface area (Å²) in [4.78, 5) is 16.0. The van der Waals surface area contributed by atoms with E-state index in [1.54, 1.807) is 0 Å². The van der Waals surface area contributed by atoms with Gasteiger partial charge in [0.2, 0.25) is 5.91 Å². The summed E-state index contributed by atoms with van der Waals surface area (Å²) in [5, 5.41) is 2.94. The van der Waals surface area contributed by atoms with Crippen LogP contribution >= 0.6 is 0 Å². The second-order valence-corrected chi connectivity index (χ2v) is 6.02. The van der Waals surface area contributed by atoms with E-state index in [4.69, 9.17) is 4.42 Å². The maximum Gasteiger partial charge on any atom is 0.234 e. The number of amides is 1. The number of nitrogens with one attached hydrogen (secondary N) is 1. The number of carbonyl (C=O) groups excluding carboxylic acids is 1. The lowest BCUT2D eigenvalue weighted by atomic mass is 10.2. The number of likely N-dealkylation sites (N-methyl/N-ethyl adjacent to an activating group) is 1. The number of hydrogen-bond acceptors (Lipinski definition) is 4. The van der Waals surface area contributed by atoms with Crippen molar-refractivity contribution in [3.63, 3.8) is 0 Å². The van der Waals surface area contributed by atoms with E-state index < -0.39 is 0 Å². The molecule has 2 rings (SSSR count). The van der Waals surface area contributed by atoms with Crippen molar-refractivity contribution in [2.45, 2.75) is 20.0 Å². The van der Waals surface area contributed by atoms with Gasteiger partial charge in [0.15, 0.2) is 0 Å². The number of anilines is 1. The van der Waals surface area contributed by atoms with E-state index in [9.17, 15) is 4.79 Å². The number of rotatable bonds is 7. The minimum atomic E-state index is 0.00691. The van der Waals surface area contributed by atoms with Crippen LogP contribution in [0.2, 0.25) is 0 Å². The Bertz CT molecular complexity index is 632. The molecule has 0 aliphatic carbocycles. The molecule has 1 amide bonds. The van der Waals surface area contributed by atoms with Gasteiger partial charge in [0.25, 0.3) is 0 Å². The first kappa shape index (κ1) is 17.1. The Morgan fingerprint density at radius 3 is 2.35 bits per heavy atom. The van der Waals surface area contributed by atoms with Crippen LogP contribution in [0.1, 0.15) is 17.1 Å². The van der Waals surface area contributed by atoms with Gasteiger partial charge < -0.3 is 14.6 Å². The van der Waals surface area contributed by atoms with Crippen molar-refractivity contribution in [2.24, 2.45) is 0 Å². The van der Waals surface area contributed by atoms with E-state index in [0.29, 0.717) is 19.6 Å². The molecule has 0 atom stereocenters. The zero-order valence-corrected chi connectivity index (χ0v) is 14.3. The number of carbonyl (C=O) groups is 1. The predicted octanol–water partition coefficient (Wildman–Crippen LogP) is 2.40. The average molecular weight is 315 g/mol. The molecule has 0 saturated carbocycles. The normalized spacial score (nSPS) is 10.8. The highest BCUT2D eigenvalue weighted by Gasteiger charge is 2.09. The fraction of sp³-hybridized carbons (Fsp3) is 0.389. The Hall–Kier alpha value is -2.27. The van der Waals surface area contributed by atoms with Gasteiger partial charge in [0, 0.05) is 26.3 Å². The van der Waals surface area contributed by atoms with Gasteiger partial charge >= 0.3 is 0 Å². The summed E-state index contributed by atoms with van der Waals surface area (Å²) in [5.41, 5.74) is 2.24. The Morgan fingerprint density at radius 1 is 1.09 bits per heavy atom. The van der Waals surface area contributed by atoms with E-state index in [-0.39, 0.29) is 5.91 Å². The molecule has 0 unspecified atom stereocenters. The molecule has 0 bridgehead atoms. The fourth-order valence-electron chi connectivity index (χ4n) is 2.31. The third-order valence-electron chi connectivity index (χ3n) is 3.58. The molecule has 1 aromatic carbocycles.